The van der Waals surface area contributed by atoms with Crippen molar-refractivity contribution in [2.75, 3.05) is 26.7 Å². The molecule has 1 rings (SSSR count). The van der Waals surface area contributed by atoms with Crippen molar-refractivity contribution in [3.63, 3.8) is 0 Å². The van der Waals surface area contributed by atoms with Crippen molar-refractivity contribution in [3.05, 3.63) is 12.7 Å². The lowest BCUT2D eigenvalue weighted by Gasteiger charge is -2.37. The van der Waals surface area contributed by atoms with E-state index in [4.69, 9.17) is 5.11 Å². The molecule has 0 aromatic carbocycles. The van der Waals surface area contributed by atoms with E-state index in [1.807, 2.05) is 6.08 Å². The van der Waals surface area contributed by atoms with Gasteiger partial charge in [0.2, 0.25) is 0 Å². The van der Waals surface area contributed by atoms with Crippen LogP contribution >= 0.6 is 0 Å². The molecule has 1 fully saturated rings. The van der Waals surface area contributed by atoms with Gasteiger partial charge in [0.25, 0.3) is 0 Å². The Kier molecular flexibility index (Phi) is 5.35. The average molecular weight is 254 g/mol. The summed E-state index contributed by atoms with van der Waals surface area (Å²) in [5, 5.41) is 8.82. The van der Waals surface area contributed by atoms with E-state index < -0.39 is 5.97 Å². The largest absolute Gasteiger partial charge is 0.481 e. The first-order valence-electron chi connectivity index (χ1n) is 6.65. The lowest BCUT2D eigenvalue weighted by Crippen LogP contribution is -2.46. The number of hydrogen-bond donors (Lipinski definition) is 1. The van der Waals surface area contributed by atoms with E-state index in [9.17, 15) is 4.79 Å². The molecule has 0 amide bonds. The fourth-order valence-electron chi connectivity index (χ4n) is 2.51. The molecule has 0 spiro atoms. The second-order valence-corrected chi connectivity index (χ2v) is 5.82. The van der Waals surface area contributed by atoms with Gasteiger partial charge in [-0.3, -0.25) is 9.69 Å². The van der Waals surface area contributed by atoms with E-state index in [0.717, 1.165) is 32.5 Å². The fourth-order valence-corrected chi connectivity index (χ4v) is 2.51. The van der Waals surface area contributed by atoms with Crippen molar-refractivity contribution in [2.24, 2.45) is 0 Å². The maximum atomic E-state index is 10.7. The fraction of sp³-hybridized carbons (Fsp3) is 0.786. The smallest absolute Gasteiger partial charge is 0.303 e. The number of rotatable bonds is 5. The molecule has 0 bridgehead atoms. The number of carboxylic acids is 1. The topological polar surface area (TPSA) is 43.8 Å². The van der Waals surface area contributed by atoms with Crippen LogP contribution in [0.5, 0.6) is 0 Å². The van der Waals surface area contributed by atoms with E-state index >= 15 is 0 Å². The summed E-state index contributed by atoms with van der Waals surface area (Å²) >= 11 is 0. The number of hydrogen-bond acceptors (Lipinski definition) is 3. The second kappa shape index (κ2) is 6.34. The quantitative estimate of drug-likeness (QED) is 0.760. The number of likely N-dealkylation sites (N-methyl/N-ethyl adjacent to an activating group) is 1. The summed E-state index contributed by atoms with van der Waals surface area (Å²) in [6, 6.07) is 0.322. The van der Waals surface area contributed by atoms with Crippen molar-refractivity contribution in [2.45, 2.75) is 44.7 Å². The van der Waals surface area contributed by atoms with Gasteiger partial charge in [-0.2, -0.15) is 0 Å². The molecule has 1 saturated heterocycles. The highest BCUT2D eigenvalue weighted by Gasteiger charge is 2.33. The molecule has 0 aliphatic carbocycles. The third-order valence-corrected chi connectivity index (χ3v) is 4.03. The minimum atomic E-state index is -0.706. The van der Waals surface area contributed by atoms with Crippen molar-refractivity contribution >= 4 is 5.97 Å². The first kappa shape index (κ1) is 15.2. The van der Waals surface area contributed by atoms with E-state index in [1.54, 1.807) is 0 Å². The second-order valence-electron chi connectivity index (χ2n) is 5.82. The van der Waals surface area contributed by atoms with Crippen molar-refractivity contribution < 1.29 is 9.90 Å². The molecule has 1 aliphatic rings. The van der Waals surface area contributed by atoms with Gasteiger partial charge in [0.05, 0.1) is 0 Å². The standard InChI is InChI=1S/C14H26N2O2/c1-5-9-16-11-12(6-7-13(17)18)15(4)10-8-14(16,2)3/h5,12H,1,6-11H2,2-4H3,(H,17,18). The van der Waals surface area contributed by atoms with Crippen molar-refractivity contribution in [1.29, 1.82) is 0 Å². The third kappa shape index (κ3) is 4.10. The highest BCUT2D eigenvalue weighted by Crippen LogP contribution is 2.25. The number of aliphatic carboxylic acids is 1. The van der Waals surface area contributed by atoms with Crippen LogP contribution in [0, 0.1) is 0 Å². The summed E-state index contributed by atoms with van der Waals surface area (Å²) in [4.78, 5) is 15.4. The van der Waals surface area contributed by atoms with Gasteiger partial charge in [-0.15, -0.1) is 6.58 Å². The Hall–Kier alpha value is -0.870. The molecule has 1 atom stereocenters. The summed E-state index contributed by atoms with van der Waals surface area (Å²) in [6.45, 7) is 11.1. The summed E-state index contributed by atoms with van der Waals surface area (Å²) < 4.78 is 0. The SMILES string of the molecule is C=CCN1CC(CCC(=O)O)N(C)CCC1(C)C. The summed E-state index contributed by atoms with van der Waals surface area (Å²) in [6.07, 6.45) is 4.00. The Morgan fingerprint density at radius 3 is 2.78 bits per heavy atom. The van der Waals surface area contributed by atoms with Gasteiger partial charge in [0.1, 0.15) is 0 Å². The highest BCUT2D eigenvalue weighted by atomic mass is 16.4. The van der Waals surface area contributed by atoms with E-state index in [1.165, 1.54) is 0 Å². The van der Waals surface area contributed by atoms with Crippen LogP contribution in [-0.2, 0) is 4.79 Å². The molecule has 0 aromatic heterocycles. The molecule has 1 N–H and O–H groups in total. The molecular formula is C14H26N2O2. The first-order valence-corrected chi connectivity index (χ1v) is 6.65. The van der Waals surface area contributed by atoms with Gasteiger partial charge in [-0.05, 0) is 40.3 Å². The monoisotopic (exact) mass is 254 g/mol. The Morgan fingerprint density at radius 1 is 1.56 bits per heavy atom. The van der Waals surface area contributed by atoms with Crippen LogP contribution in [0.1, 0.15) is 33.1 Å². The van der Waals surface area contributed by atoms with Crippen LogP contribution in [0.3, 0.4) is 0 Å². The molecule has 0 radical (unpaired) electrons. The molecule has 0 aromatic rings. The molecule has 1 aliphatic heterocycles. The first-order chi connectivity index (χ1) is 8.36. The lowest BCUT2D eigenvalue weighted by molar-refractivity contribution is -0.137. The highest BCUT2D eigenvalue weighted by molar-refractivity contribution is 5.66. The van der Waals surface area contributed by atoms with Gasteiger partial charge >= 0.3 is 5.97 Å². The lowest BCUT2D eigenvalue weighted by atomic mass is 9.98. The average Bonchev–Trinajstić information content (AvgIpc) is 2.38. The van der Waals surface area contributed by atoms with E-state index in [0.29, 0.717) is 6.04 Å². The van der Waals surface area contributed by atoms with Crippen molar-refractivity contribution in [3.8, 4) is 0 Å². The number of nitrogens with zero attached hydrogens (tertiary/aromatic N) is 2. The van der Waals surface area contributed by atoms with Crippen LogP contribution in [0.15, 0.2) is 12.7 Å². The third-order valence-electron chi connectivity index (χ3n) is 4.03. The Bertz CT molecular complexity index is 302. The number of carbonyl (C=O) groups is 1. The zero-order chi connectivity index (χ0) is 13.8. The van der Waals surface area contributed by atoms with Crippen LogP contribution in [-0.4, -0.2) is 59.1 Å². The van der Waals surface area contributed by atoms with Crippen molar-refractivity contribution in [1.82, 2.24) is 9.80 Å². The molecule has 1 heterocycles. The molecule has 4 nitrogen and oxygen atoms in total. The minimum absolute atomic E-state index is 0.153. The molecule has 1 unspecified atom stereocenters. The van der Waals surface area contributed by atoms with Crippen LogP contribution in [0.2, 0.25) is 0 Å². The van der Waals surface area contributed by atoms with Crippen LogP contribution in [0.4, 0.5) is 0 Å². The molecular weight excluding hydrogens is 228 g/mol. The van der Waals surface area contributed by atoms with Crippen LogP contribution in [0.25, 0.3) is 0 Å². The van der Waals surface area contributed by atoms with E-state index in [-0.39, 0.29) is 12.0 Å². The molecule has 104 valence electrons. The van der Waals surface area contributed by atoms with Gasteiger partial charge in [-0.1, -0.05) is 6.08 Å². The predicted octanol–water partition coefficient (Wildman–Crippen LogP) is 1.82. The van der Waals surface area contributed by atoms with Crippen LogP contribution < -0.4 is 0 Å². The van der Waals surface area contributed by atoms with Gasteiger partial charge < -0.3 is 10.0 Å². The Morgan fingerprint density at radius 2 is 2.22 bits per heavy atom. The summed E-state index contributed by atoms with van der Waals surface area (Å²) in [7, 11) is 2.10. The zero-order valence-electron chi connectivity index (χ0n) is 11.9. The summed E-state index contributed by atoms with van der Waals surface area (Å²) in [5.41, 5.74) is 0.153. The summed E-state index contributed by atoms with van der Waals surface area (Å²) in [5.74, 6) is -0.706. The van der Waals surface area contributed by atoms with Gasteiger partial charge in [0, 0.05) is 31.1 Å². The maximum absolute atomic E-state index is 10.7. The normalized spacial score (nSPS) is 25.6. The Labute approximate surface area is 110 Å². The minimum Gasteiger partial charge on any atom is -0.481 e. The molecule has 18 heavy (non-hydrogen) atoms. The predicted molar refractivity (Wildman–Crippen MR) is 73.8 cm³/mol. The maximum Gasteiger partial charge on any atom is 0.303 e. The Balaban J connectivity index is 2.72. The zero-order valence-corrected chi connectivity index (χ0v) is 11.9. The van der Waals surface area contributed by atoms with Gasteiger partial charge in [0.15, 0.2) is 0 Å². The van der Waals surface area contributed by atoms with E-state index in [2.05, 4.69) is 37.3 Å². The number of carboxylic acid groups (broad SMARTS) is 1. The molecule has 4 heteroatoms. The van der Waals surface area contributed by atoms with Gasteiger partial charge in [-0.25, -0.2) is 0 Å². The molecule has 0 saturated carbocycles.